The molecule has 3 N–H and O–H groups in total. The minimum atomic E-state index is -1.13. The second-order valence-corrected chi connectivity index (χ2v) is 7.76. The molecule has 0 aliphatic heterocycles. The fraction of sp³-hybridized carbons (Fsp3) is 0. The molecule has 186 valence electrons. The average molecular weight is 513 g/mol. The smallest absolute Gasteiger partial charge is 0.354 e. The molecule has 0 fully saturated rings. The number of aromatic nitrogens is 3. The predicted molar refractivity (Wildman–Crippen MR) is 138 cm³/mol. The lowest BCUT2D eigenvalue weighted by molar-refractivity contribution is 0.0680. The molecule has 4 aromatic rings. The molecular formula is C30H15N3O6. The predicted octanol–water partition coefficient (Wildman–Crippen LogP) is 3.17. The topological polar surface area (TPSA) is 151 Å². The summed E-state index contributed by atoms with van der Waals surface area (Å²) in [7, 11) is 0. The molecule has 0 saturated heterocycles. The molecule has 0 unspecified atom stereocenters. The van der Waals surface area contributed by atoms with Crippen LogP contribution in [0.15, 0.2) is 73.2 Å². The summed E-state index contributed by atoms with van der Waals surface area (Å²) in [4.78, 5) is 44.6. The number of hydrogen-bond donors (Lipinski definition) is 3. The first-order chi connectivity index (χ1) is 18.8. The number of benzene rings is 1. The largest absolute Gasteiger partial charge is 0.477 e. The Morgan fingerprint density at radius 2 is 0.692 bits per heavy atom. The molecule has 9 nitrogen and oxygen atoms in total. The first-order valence-corrected chi connectivity index (χ1v) is 11.1. The Balaban J connectivity index is 1.68. The van der Waals surface area contributed by atoms with Crippen LogP contribution in [0.2, 0.25) is 0 Å². The summed E-state index contributed by atoms with van der Waals surface area (Å²) in [5, 5.41) is 27.0. The summed E-state index contributed by atoms with van der Waals surface area (Å²) in [6.07, 6.45) is 4.09. The molecule has 3 heterocycles. The van der Waals surface area contributed by atoms with Crippen molar-refractivity contribution in [1.82, 2.24) is 15.0 Å². The van der Waals surface area contributed by atoms with E-state index < -0.39 is 17.9 Å². The quantitative estimate of drug-likeness (QED) is 0.351. The summed E-state index contributed by atoms with van der Waals surface area (Å²) in [6.45, 7) is 0. The first kappa shape index (κ1) is 25.8. The third-order valence-electron chi connectivity index (χ3n) is 4.93. The van der Waals surface area contributed by atoms with Gasteiger partial charge in [-0.1, -0.05) is 35.5 Å². The van der Waals surface area contributed by atoms with Gasteiger partial charge in [0.25, 0.3) is 0 Å². The zero-order valence-corrected chi connectivity index (χ0v) is 19.8. The van der Waals surface area contributed by atoms with Crippen molar-refractivity contribution in [3.63, 3.8) is 0 Å². The zero-order chi connectivity index (χ0) is 27.8. The Hall–Kier alpha value is -6.24. The Labute approximate surface area is 221 Å². The van der Waals surface area contributed by atoms with Crippen molar-refractivity contribution in [2.75, 3.05) is 0 Å². The normalized spacial score (nSPS) is 9.54. The molecule has 3 aromatic heterocycles. The van der Waals surface area contributed by atoms with E-state index in [2.05, 4.69) is 50.5 Å². The monoisotopic (exact) mass is 513 g/mol. The van der Waals surface area contributed by atoms with Gasteiger partial charge >= 0.3 is 17.9 Å². The van der Waals surface area contributed by atoms with E-state index >= 15 is 0 Å². The van der Waals surface area contributed by atoms with Crippen LogP contribution in [0.25, 0.3) is 0 Å². The molecule has 39 heavy (non-hydrogen) atoms. The van der Waals surface area contributed by atoms with E-state index in [4.69, 9.17) is 15.3 Å². The van der Waals surface area contributed by atoms with Crippen LogP contribution in [0.4, 0.5) is 0 Å². The maximum Gasteiger partial charge on any atom is 0.354 e. The van der Waals surface area contributed by atoms with Crippen LogP contribution in [0.3, 0.4) is 0 Å². The molecule has 0 bridgehead atoms. The molecule has 0 spiro atoms. The van der Waals surface area contributed by atoms with Crippen molar-refractivity contribution in [3.05, 3.63) is 124 Å². The lowest BCUT2D eigenvalue weighted by Gasteiger charge is -1.98. The van der Waals surface area contributed by atoms with Gasteiger partial charge in [0.2, 0.25) is 0 Å². The van der Waals surface area contributed by atoms with Gasteiger partial charge in [0.1, 0.15) is 17.1 Å². The summed E-state index contributed by atoms with van der Waals surface area (Å²) in [5.74, 6) is 14.4. The molecule has 9 heteroatoms. The highest BCUT2D eigenvalue weighted by Crippen LogP contribution is 2.11. The van der Waals surface area contributed by atoms with Crippen molar-refractivity contribution in [2.45, 2.75) is 0 Å². The van der Waals surface area contributed by atoms with Gasteiger partial charge in [-0.05, 0) is 54.6 Å². The molecule has 0 atom stereocenters. The van der Waals surface area contributed by atoms with E-state index in [1.165, 1.54) is 36.8 Å². The van der Waals surface area contributed by atoms with Crippen molar-refractivity contribution in [2.24, 2.45) is 0 Å². The Bertz CT molecular complexity index is 1550. The van der Waals surface area contributed by atoms with E-state index in [1.54, 1.807) is 36.4 Å². The summed E-state index contributed by atoms with van der Waals surface area (Å²) in [5.41, 5.74) is 2.99. The van der Waals surface area contributed by atoms with Crippen LogP contribution >= 0.6 is 0 Å². The van der Waals surface area contributed by atoms with Crippen LogP contribution in [-0.2, 0) is 0 Å². The second kappa shape index (κ2) is 11.7. The van der Waals surface area contributed by atoms with E-state index in [1.807, 2.05) is 0 Å². The molecule has 0 aliphatic rings. The molecule has 0 saturated carbocycles. The summed E-state index contributed by atoms with van der Waals surface area (Å²) >= 11 is 0. The Morgan fingerprint density at radius 3 is 0.897 bits per heavy atom. The number of rotatable bonds is 3. The summed E-state index contributed by atoms with van der Waals surface area (Å²) < 4.78 is 0. The van der Waals surface area contributed by atoms with Crippen molar-refractivity contribution >= 4 is 17.9 Å². The van der Waals surface area contributed by atoms with Crippen LogP contribution in [0, 0.1) is 35.5 Å². The molecule has 0 radical (unpaired) electrons. The highest BCUT2D eigenvalue weighted by Gasteiger charge is 2.04. The van der Waals surface area contributed by atoms with E-state index in [-0.39, 0.29) is 17.1 Å². The van der Waals surface area contributed by atoms with Crippen LogP contribution in [-0.4, -0.2) is 48.2 Å². The first-order valence-electron chi connectivity index (χ1n) is 11.1. The van der Waals surface area contributed by atoms with Gasteiger partial charge in [0, 0.05) is 52.0 Å². The van der Waals surface area contributed by atoms with Gasteiger partial charge in [-0.15, -0.1) is 0 Å². The molecule has 0 amide bonds. The lowest BCUT2D eigenvalue weighted by atomic mass is 10.0. The maximum absolute atomic E-state index is 11.0. The number of carbonyl (C=O) groups is 3. The minimum Gasteiger partial charge on any atom is -0.477 e. The zero-order valence-electron chi connectivity index (χ0n) is 19.8. The number of carboxylic acid groups (broad SMARTS) is 3. The van der Waals surface area contributed by atoms with Gasteiger partial charge in [0.05, 0.1) is 0 Å². The third kappa shape index (κ3) is 7.14. The van der Waals surface area contributed by atoms with Gasteiger partial charge in [-0.25, -0.2) is 29.3 Å². The second-order valence-electron chi connectivity index (χ2n) is 7.76. The van der Waals surface area contributed by atoms with Crippen molar-refractivity contribution in [3.8, 4) is 35.5 Å². The molecule has 1 aromatic carbocycles. The highest BCUT2D eigenvalue weighted by atomic mass is 16.4. The van der Waals surface area contributed by atoms with Crippen molar-refractivity contribution in [1.29, 1.82) is 0 Å². The van der Waals surface area contributed by atoms with E-state index in [0.717, 1.165) is 0 Å². The number of hydrogen-bond acceptors (Lipinski definition) is 6. The highest BCUT2D eigenvalue weighted by molar-refractivity contribution is 5.86. The maximum atomic E-state index is 11.0. The summed E-state index contributed by atoms with van der Waals surface area (Å²) in [6, 6.07) is 14.0. The van der Waals surface area contributed by atoms with Crippen molar-refractivity contribution < 1.29 is 29.7 Å². The number of pyridine rings is 3. The standard InChI is InChI=1S/C30H15N3O6/c34-28(35)25-10-7-19(16-31-25)1-4-22-13-23(5-2-20-8-11-26(29(36)37)32-17-20)15-24(14-22)6-3-21-9-12-27(30(38)39)33-18-21/h7-18H,(H,34,35)(H,36,37)(H,38,39). The van der Waals surface area contributed by atoms with Gasteiger partial charge in [-0.2, -0.15) is 0 Å². The SMILES string of the molecule is O=C(O)c1ccc(C#Cc2cc(C#Cc3ccc(C(=O)O)nc3)cc(C#Cc3ccc(C(=O)O)nc3)c2)cn1. The molecule has 4 rings (SSSR count). The van der Waals surface area contributed by atoms with Crippen LogP contribution in [0.5, 0.6) is 0 Å². The van der Waals surface area contributed by atoms with Gasteiger partial charge in [-0.3, -0.25) is 0 Å². The van der Waals surface area contributed by atoms with Gasteiger partial charge < -0.3 is 15.3 Å². The molecule has 0 aliphatic carbocycles. The number of nitrogens with zero attached hydrogens (tertiary/aromatic N) is 3. The van der Waals surface area contributed by atoms with E-state index in [0.29, 0.717) is 33.4 Å². The third-order valence-corrected chi connectivity index (χ3v) is 4.93. The number of carboxylic acids is 3. The lowest BCUT2D eigenvalue weighted by Crippen LogP contribution is -1.99. The average Bonchev–Trinajstić information content (AvgIpc) is 2.94. The van der Waals surface area contributed by atoms with Gasteiger partial charge in [0.15, 0.2) is 0 Å². The fourth-order valence-corrected chi connectivity index (χ4v) is 3.06. The minimum absolute atomic E-state index is 0.0906. The molecular weight excluding hydrogens is 498 g/mol. The van der Waals surface area contributed by atoms with Crippen LogP contribution < -0.4 is 0 Å². The number of aromatic carboxylic acids is 3. The van der Waals surface area contributed by atoms with Crippen LogP contribution in [0.1, 0.15) is 64.8 Å². The van der Waals surface area contributed by atoms with E-state index in [9.17, 15) is 14.4 Å². The Morgan fingerprint density at radius 1 is 0.436 bits per heavy atom. The Kier molecular flexibility index (Phi) is 7.73. The fourth-order valence-electron chi connectivity index (χ4n) is 3.06.